The van der Waals surface area contributed by atoms with E-state index < -0.39 is 0 Å². The van der Waals surface area contributed by atoms with E-state index in [1.165, 1.54) is 12.8 Å². The summed E-state index contributed by atoms with van der Waals surface area (Å²) in [6.07, 6.45) is 3.36. The first-order valence-electron chi connectivity index (χ1n) is 5.99. The Hall–Kier alpha value is -0.120. The van der Waals surface area contributed by atoms with Gasteiger partial charge in [0.1, 0.15) is 0 Å². The molecule has 3 atom stereocenters. The van der Waals surface area contributed by atoms with Crippen molar-refractivity contribution in [1.29, 1.82) is 0 Å². The second kappa shape index (κ2) is 5.83. The van der Waals surface area contributed by atoms with E-state index in [1.54, 1.807) is 0 Å². The highest BCUT2D eigenvalue weighted by molar-refractivity contribution is 4.76. The fourth-order valence-corrected chi connectivity index (χ4v) is 2.19. The topological polar surface area (TPSA) is 15.7 Å². The van der Waals surface area contributed by atoms with Crippen LogP contribution in [0.2, 0.25) is 0 Å². The highest BCUT2D eigenvalue weighted by atomic mass is 16.5. The monoisotopic (exact) mass is 214 g/mol. The summed E-state index contributed by atoms with van der Waals surface area (Å²) in [5, 5.41) is 0. The third-order valence-electron chi connectivity index (χ3n) is 3.19. The minimum atomic E-state index is 0.453. The normalized spacial score (nSPS) is 29.0. The van der Waals surface area contributed by atoms with Gasteiger partial charge >= 0.3 is 0 Å². The minimum absolute atomic E-state index is 0.453. The van der Waals surface area contributed by atoms with Crippen LogP contribution in [0.5, 0.6) is 0 Å². The number of rotatable bonds is 5. The quantitative estimate of drug-likeness (QED) is 0.688. The molecule has 1 heterocycles. The van der Waals surface area contributed by atoms with Crippen LogP contribution in [0.1, 0.15) is 26.7 Å². The zero-order valence-corrected chi connectivity index (χ0v) is 10.9. The molecule has 0 aliphatic carbocycles. The lowest BCUT2D eigenvalue weighted by molar-refractivity contribution is 0.0276. The predicted molar refractivity (Wildman–Crippen MR) is 64.2 cm³/mol. The van der Waals surface area contributed by atoms with E-state index >= 15 is 0 Å². The standard InChI is InChI=1S/C12H26N2O/c1-10(8-13(3)4)14(5)9-12-7-6-11(2)15-12/h10-12H,6-9H2,1-5H3. The van der Waals surface area contributed by atoms with Gasteiger partial charge in [0.05, 0.1) is 12.2 Å². The van der Waals surface area contributed by atoms with Crippen LogP contribution in [0.15, 0.2) is 0 Å². The van der Waals surface area contributed by atoms with Gasteiger partial charge in [0.15, 0.2) is 0 Å². The van der Waals surface area contributed by atoms with Crippen LogP contribution in [0.3, 0.4) is 0 Å². The van der Waals surface area contributed by atoms with Gasteiger partial charge in [-0.3, -0.25) is 4.90 Å². The summed E-state index contributed by atoms with van der Waals surface area (Å²) in [7, 11) is 6.44. The third-order valence-corrected chi connectivity index (χ3v) is 3.19. The van der Waals surface area contributed by atoms with E-state index in [9.17, 15) is 0 Å². The van der Waals surface area contributed by atoms with Crippen LogP contribution in [-0.2, 0) is 4.74 Å². The van der Waals surface area contributed by atoms with Crippen molar-refractivity contribution < 1.29 is 4.74 Å². The Labute approximate surface area is 94.4 Å². The second-order valence-electron chi connectivity index (χ2n) is 5.20. The number of nitrogens with zero attached hydrogens (tertiary/aromatic N) is 2. The Bertz CT molecular complexity index is 184. The molecule has 0 aromatic heterocycles. The van der Waals surface area contributed by atoms with Crippen LogP contribution >= 0.6 is 0 Å². The molecule has 0 amide bonds. The molecule has 90 valence electrons. The highest BCUT2D eigenvalue weighted by Gasteiger charge is 2.24. The van der Waals surface area contributed by atoms with Crippen molar-refractivity contribution in [1.82, 2.24) is 9.80 Å². The fraction of sp³-hybridized carbons (Fsp3) is 1.00. The van der Waals surface area contributed by atoms with Crippen LogP contribution in [0.25, 0.3) is 0 Å². The fourth-order valence-electron chi connectivity index (χ4n) is 2.19. The van der Waals surface area contributed by atoms with Gasteiger partial charge in [-0.1, -0.05) is 0 Å². The lowest BCUT2D eigenvalue weighted by Gasteiger charge is -2.29. The van der Waals surface area contributed by atoms with Crippen LogP contribution < -0.4 is 0 Å². The Morgan fingerprint density at radius 3 is 2.40 bits per heavy atom. The van der Waals surface area contributed by atoms with Gasteiger partial charge in [-0.05, 0) is 47.8 Å². The zero-order chi connectivity index (χ0) is 11.4. The van der Waals surface area contributed by atoms with Crippen molar-refractivity contribution in [2.45, 2.75) is 44.9 Å². The average molecular weight is 214 g/mol. The number of hydrogen-bond acceptors (Lipinski definition) is 3. The molecule has 1 aliphatic heterocycles. The number of likely N-dealkylation sites (N-methyl/N-ethyl adjacent to an activating group) is 2. The van der Waals surface area contributed by atoms with Gasteiger partial charge in [-0.25, -0.2) is 0 Å². The molecule has 1 aliphatic rings. The SMILES string of the molecule is CC1CCC(CN(C)C(C)CN(C)C)O1. The van der Waals surface area contributed by atoms with Crippen molar-refractivity contribution in [2.75, 3.05) is 34.2 Å². The molecule has 0 saturated carbocycles. The smallest absolute Gasteiger partial charge is 0.0706 e. The Balaban J connectivity index is 2.25. The molecular weight excluding hydrogens is 188 g/mol. The molecule has 3 nitrogen and oxygen atoms in total. The molecule has 0 aromatic rings. The van der Waals surface area contributed by atoms with Gasteiger partial charge in [0, 0.05) is 19.1 Å². The zero-order valence-electron chi connectivity index (χ0n) is 10.9. The maximum atomic E-state index is 5.83. The predicted octanol–water partition coefficient (Wildman–Crippen LogP) is 1.44. The lowest BCUT2D eigenvalue weighted by Crippen LogP contribution is -2.41. The average Bonchev–Trinajstić information content (AvgIpc) is 2.50. The van der Waals surface area contributed by atoms with Crippen LogP contribution in [0.4, 0.5) is 0 Å². The van der Waals surface area contributed by atoms with E-state index in [0.717, 1.165) is 13.1 Å². The second-order valence-corrected chi connectivity index (χ2v) is 5.20. The van der Waals surface area contributed by atoms with Crippen molar-refractivity contribution in [3.05, 3.63) is 0 Å². The molecule has 15 heavy (non-hydrogen) atoms. The molecular formula is C12H26N2O. The van der Waals surface area contributed by atoms with Crippen LogP contribution in [0, 0.1) is 0 Å². The largest absolute Gasteiger partial charge is 0.374 e. The highest BCUT2D eigenvalue weighted by Crippen LogP contribution is 2.20. The van der Waals surface area contributed by atoms with Crippen molar-refractivity contribution in [3.63, 3.8) is 0 Å². The molecule has 1 saturated heterocycles. The maximum Gasteiger partial charge on any atom is 0.0706 e. The molecule has 1 rings (SSSR count). The number of ether oxygens (including phenoxy) is 1. The molecule has 0 bridgehead atoms. The first kappa shape index (κ1) is 12.9. The summed E-state index contributed by atoms with van der Waals surface area (Å²) < 4.78 is 5.83. The van der Waals surface area contributed by atoms with E-state index in [4.69, 9.17) is 4.74 Å². The maximum absolute atomic E-state index is 5.83. The minimum Gasteiger partial charge on any atom is -0.374 e. The van der Waals surface area contributed by atoms with Crippen molar-refractivity contribution >= 4 is 0 Å². The summed E-state index contributed by atoms with van der Waals surface area (Å²) in [6.45, 7) is 6.62. The Kier molecular flexibility index (Phi) is 5.03. The Morgan fingerprint density at radius 2 is 1.93 bits per heavy atom. The summed E-state index contributed by atoms with van der Waals surface area (Å²) in [5.74, 6) is 0. The van der Waals surface area contributed by atoms with E-state index in [-0.39, 0.29) is 0 Å². The van der Waals surface area contributed by atoms with Crippen molar-refractivity contribution in [2.24, 2.45) is 0 Å². The molecule has 0 N–H and O–H groups in total. The summed E-state index contributed by atoms with van der Waals surface area (Å²) in [5.41, 5.74) is 0. The molecule has 3 heteroatoms. The van der Waals surface area contributed by atoms with Gasteiger partial charge in [-0.2, -0.15) is 0 Å². The van der Waals surface area contributed by atoms with E-state index in [1.807, 2.05) is 0 Å². The van der Waals surface area contributed by atoms with Crippen molar-refractivity contribution in [3.8, 4) is 0 Å². The molecule has 0 aromatic carbocycles. The van der Waals surface area contributed by atoms with Gasteiger partial charge < -0.3 is 9.64 Å². The molecule has 0 spiro atoms. The number of hydrogen-bond donors (Lipinski definition) is 0. The molecule has 1 fully saturated rings. The van der Waals surface area contributed by atoms with E-state index in [2.05, 4.69) is 44.8 Å². The van der Waals surface area contributed by atoms with Gasteiger partial charge in [-0.15, -0.1) is 0 Å². The Morgan fingerprint density at radius 1 is 1.27 bits per heavy atom. The summed E-state index contributed by atoms with van der Waals surface area (Å²) >= 11 is 0. The van der Waals surface area contributed by atoms with Gasteiger partial charge in [0.2, 0.25) is 0 Å². The molecule has 3 unspecified atom stereocenters. The lowest BCUT2D eigenvalue weighted by atomic mass is 10.2. The third kappa shape index (κ3) is 4.49. The molecule has 0 radical (unpaired) electrons. The van der Waals surface area contributed by atoms with E-state index in [0.29, 0.717) is 18.2 Å². The van der Waals surface area contributed by atoms with Crippen LogP contribution in [-0.4, -0.2) is 62.3 Å². The first-order chi connectivity index (χ1) is 6.99. The first-order valence-corrected chi connectivity index (χ1v) is 5.99. The summed E-state index contributed by atoms with van der Waals surface area (Å²) in [6, 6.07) is 0.597. The summed E-state index contributed by atoms with van der Waals surface area (Å²) in [4.78, 5) is 4.64. The van der Waals surface area contributed by atoms with Gasteiger partial charge in [0.25, 0.3) is 0 Å².